The number of nitrogens with zero attached hydrogens (tertiary/aromatic N) is 4. The van der Waals surface area contributed by atoms with Crippen LogP contribution in [0.15, 0.2) is 34.1 Å². The molecule has 9 N–H and O–H groups in total. The monoisotopic (exact) mass is 866 g/mol. The third-order valence-corrected chi connectivity index (χ3v) is 9.28. The summed E-state index contributed by atoms with van der Waals surface area (Å²) < 4.78 is 12.4. The van der Waals surface area contributed by atoms with Gasteiger partial charge in [0.25, 0.3) is 0 Å². The summed E-state index contributed by atoms with van der Waals surface area (Å²) in [5.74, 6) is -0.461. The molecule has 4 rings (SSSR count). The Bertz CT molecular complexity index is 1590. The highest BCUT2D eigenvalue weighted by atomic mass is 35.5. The fourth-order valence-electron chi connectivity index (χ4n) is 5.81. The van der Waals surface area contributed by atoms with Crippen molar-refractivity contribution in [3.05, 3.63) is 45.5 Å². The van der Waals surface area contributed by atoms with Gasteiger partial charge in [-0.3, -0.25) is 24.6 Å². The smallest absolute Gasteiger partial charge is 0.351 e. The number of halogens is 1. The third kappa shape index (κ3) is 18.7. The van der Waals surface area contributed by atoms with Crippen LogP contribution in [0.2, 0.25) is 0 Å². The summed E-state index contributed by atoms with van der Waals surface area (Å²) in [6.45, 7) is 3.37. The van der Waals surface area contributed by atoms with Gasteiger partial charge in [0.05, 0.1) is 13.2 Å². The number of ether oxygens (including phenoxy) is 2. The number of aromatic nitrogens is 4. The molecule has 340 valence electrons. The van der Waals surface area contributed by atoms with E-state index in [1.807, 2.05) is 0 Å². The highest BCUT2D eigenvalue weighted by Gasteiger charge is 2.44. The van der Waals surface area contributed by atoms with E-state index in [0.29, 0.717) is 6.42 Å². The number of anilines is 2. The van der Waals surface area contributed by atoms with E-state index >= 15 is 0 Å². The lowest BCUT2D eigenvalue weighted by Gasteiger charge is -2.17. The van der Waals surface area contributed by atoms with Gasteiger partial charge in [0.1, 0.15) is 36.6 Å². The quantitative estimate of drug-likeness (QED) is 0.0495. The first-order chi connectivity index (χ1) is 27.3. The van der Waals surface area contributed by atoms with Gasteiger partial charge in [0, 0.05) is 31.3 Å². The van der Waals surface area contributed by atoms with Crippen molar-refractivity contribution in [3.63, 3.8) is 0 Å². The minimum absolute atomic E-state index is 0. The number of rotatable bonds is 21. The second-order valence-electron chi connectivity index (χ2n) is 13.5. The van der Waals surface area contributed by atoms with Crippen LogP contribution < -0.4 is 22.3 Å². The van der Waals surface area contributed by atoms with Crippen molar-refractivity contribution in [2.24, 2.45) is 0 Å². The minimum atomic E-state index is -1.38. The van der Waals surface area contributed by atoms with Gasteiger partial charge in [-0.2, -0.15) is 9.97 Å². The van der Waals surface area contributed by atoms with E-state index in [4.69, 9.17) is 41.3 Å². The van der Waals surface area contributed by atoms with E-state index in [1.165, 1.54) is 69.5 Å². The number of carbonyl (C=O) groups excluding carboxylic acids is 2. The number of aliphatic hydroxyl groups excluding tert-OH is 6. The largest absolute Gasteiger partial charge is 0.394 e. The summed E-state index contributed by atoms with van der Waals surface area (Å²) in [6, 6.07) is 2.66. The molecule has 0 aliphatic carbocycles. The van der Waals surface area contributed by atoms with Crippen molar-refractivity contribution in [3.8, 4) is 0 Å². The first-order valence-electron chi connectivity index (χ1n) is 19.3. The molecule has 8 atom stereocenters. The highest BCUT2D eigenvalue weighted by Crippen LogP contribution is 2.29. The van der Waals surface area contributed by atoms with Gasteiger partial charge in [-0.25, -0.2) is 19.9 Å². The van der Waals surface area contributed by atoms with E-state index in [0.717, 1.165) is 41.2 Å². The SMILES string of the molecule is C.C.CCCCCCCCC(=O)Cl.CCCCCCCCC(=O)ONc1ccn([C@@H]2O[C@H](CO)[C@H](O)C2O)c(=O)n1.O=c1nc(NO)ccn1[C@@H]1O[C@H](CO)[C@H](O)C1O. The molecule has 59 heavy (non-hydrogen) atoms. The number of carbonyl (C=O) groups is 2. The zero-order chi connectivity index (χ0) is 42.3. The lowest BCUT2D eigenvalue weighted by atomic mass is 10.1. The van der Waals surface area contributed by atoms with Crippen LogP contribution in [-0.2, 0) is 23.9 Å². The van der Waals surface area contributed by atoms with Crippen molar-refractivity contribution in [1.29, 1.82) is 0 Å². The minimum Gasteiger partial charge on any atom is -0.394 e. The maximum atomic E-state index is 12.2. The van der Waals surface area contributed by atoms with E-state index < -0.39 is 79.6 Å². The number of aliphatic hydroxyl groups is 6. The second-order valence-corrected chi connectivity index (χ2v) is 14.0. The average Bonchev–Trinajstić information content (AvgIpc) is 3.65. The van der Waals surface area contributed by atoms with Crippen LogP contribution in [0.25, 0.3) is 0 Å². The molecule has 0 bridgehead atoms. The van der Waals surface area contributed by atoms with Gasteiger partial charge in [0.2, 0.25) is 5.24 Å². The summed E-state index contributed by atoms with van der Waals surface area (Å²) in [6.07, 6.45) is 7.34. The standard InChI is InChI=1S/C18H29N3O7.C9H17ClO.C9H13N3O6.2CH4/c1-2-3-4-5-6-7-8-14(23)28-20-13-9-10-21(18(26)19-13)17-16(25)15(24)12(11-22)27-17;1-2-3-4-5-6-7-8-9(10)11;13-3-4-6(14)7(15)8(18-4)12-2-1-5(11-17)10-9(12)16;;/h9-10,12,15-17,22,24-25H,2-8,11H2,1H3,(H,19,20,26);2-8H2,1H3;1-2,4,6-8,13-15,17H,3H2,(H,10,11,16);2*1H4/t12-,15+,16?,17-;;4-,6+,7?,8-;;/m1.1../s1. The Morgan fingerprint density at radius 1 is 0.695 bits per heavy atom. The molecule has 0 saturated carbocycles. The zero-order valence-corrected chi connectivity index (χ0v) is 33.2. The third-order valence-electron chi connectivity index (χ3n) is 9.09. The van der Waals surface area contributed by atoms with E-state index in [9.17, 15) is 39.6 Å². The van der Waals surface area contributed by atoms with Crippen LogP contribution in [0.4, 0.5) is 11.6 Å². The molecule has 2 aromatic rings. The van der Waals surface area contributed by atoms with Crippen molar-refractivity contribution >= 4 is 34.4 Å². The fraction of sp³-hybridized carbons (Fsp3) is 0.737. The number of unbranched alkanes of at least 4 members (excludes halogenated alkanes) is 10. The highest BCUT2D eigenvalue weighted by molar-refractivity contribution is 6.63. The first kappa shape index (κ1) is 55.4. The number of hydrogen-bond acceptors (Lipinski definition) is 18. The van der Waals surface area contributed by atoms with Crippen LogP contribution in [0.5, 0.6) is 0 Å². The summed E-state index contributed by atoms with van der Waals surface area (Å²) in [7, 11) is 0. The summed E-state index contributed by atoms with van der Waals surface area (Å²) >= 11 is 5.18. The lowest BCUT2D eigenvalue weighted by molar-refractivity contribution is -0.140. The Hall–Kier alpha value is -3.57. The van der Waals surface area contributed by atoms with Crippen molar-refractivity contribution in [1.82, 2.24) is 19.1 Å². The Labute approximate surface area is 350 Å². The molecular formula is C38H67ClN6O14. The number of nitrogens with one attached hydrogen (secondary N) is 2. The molecule has 20 nitrogen and oxygen atoms in total. The molecule has 2 unspecified atom stereocenters. The number of hydrogen-bond donors (Lipinski definition) is 9. The van der Waals surface area contributed by atoms with Crippen LogP contribution in [0, 0.1) is 0 Å². The van der Waals surface area contributed by atoms with Gasteiger partial charge in [-0.15, -0.1) is 0 Å². The van der Waals surface area contributed by atoms with Gasteiger partial charge in [0.15, 0.2) is 24.1 Å². The average molecular weight is 867 g/mol. The van der Waals surface area contributed by atoms with Crippen LogP contribution in [-0.4, -0.2) is 116 Å². The lowest BCUT2D eigenvalue weighted by Crippen LogP contribution is -2.36. The van der Waals surface area contributed by atoms with Gasteiger partial charge < -0.3 is 45.0 Å². The van der Waals surface area contributed by atoms with Crippen molar-refractivity contribution < 1.29 is 59.7 Å². The molecule has 2 aliphatic heterocycles. The fourth-order valence-corrected chi connectivity index (χ4v) is 5.94. The predicted molar refractivity (Wildman–Crippen MR) is 218 cm³/mol. The zero-order valence-electron chi connectivity index (χ0n) is 32.4. The second kappa shape index (κ2) is 30.5. The predicted octanol–water partition coefficient (Wildman–Crippen LogP) is 2.91. The molecule has 2 aliphatic rings. The first-order valence-corrected chi connectivity index (χ1v) is 19.7. The molecule has 2 aromatic heterocycles. The molecular weight excluding hydrogens is 800 g/mol. The van der Waals surface area contributed by atoms with Crippen LogP contribution in [0.3, 0.4) is 0 Å². The van der Waals surface area contributed by atoms with Crippen LogP contribution in [0.1, 0.15) is 131 Å². The topological polar surface area (TPSA) is 297 Å². The van der Waals surface area contributed by atoms with Crippen LogP contribution >= 0.6 is 11.6 Å². The Kier molecular flexibility index (Phi) is 28.6. The molecule has 21 heteroatoms. The molecule has 4 heterocycles. The maximum Gasteiger partial charge on any atom is 0.351 e. The summed E-state index contributed by atoms with van der Waals surface area (Å²) in [5.41, 5.74) is 2.50. The molecule has 0 spiro atoms. The Balaban J connectivity index is 0.000000932. The Morgan fingerprint density at radius 3 is 1.49 bits per heavy atom. The molecule has 0 radical (unpaired) electrons. The summed E-state index contributed by atoms with van der Waals surface area (Å²) in [4.78, 5) is 57.8. The van der Waals surface area contributed by atoms with E-state index in [1.54, 1.807) is 5.48 Å². The van der Waals surface area contributed by atoms with Crippen molar-refractivity contribution in [2.45, 2.75) is 168 Å². The van der Waals surface area contributed by atoms with E-state index in [2.05, 4.69) is 29.3 Å². The Morgan fingerprint density at radius 2 is 1.10 bits per heavy atom. The maximum absolute atomic E-state index is 12.2. The molecule has 0 amide bonds. The van der Waals surface area contributed by atoms with Crippen molar-refractivity contribution in [2.75, 3.05) is 24.2 Å². The summed E-state index contributed by atoms with van der Waals surface area (Å²) in [5, 5.41) is 65.5. The van der Waals surface area contributed by atoms with Gasteiger partial charge >= 0.3 is 17.3 Å². The normalized spacial score (nSPS) is 23.0. The van der Waals surface area contributed by atoms with Gasteiger partial charge in [-0.05, 0) is 30.5 Å². The molecule has 0 aromatic carbocycles. The van der Waals surface area contributed by atoms with E-state index in [-0.39, 0.29) is 38.2 Å². The molecule has 2 saturated heterocycles. The van der Waals surface area contributed by atoms with Gasteiger partial charge in [-0.1, -0.05) is 92.9 Å². The molecule has 2 fully saturated rings.